The Morgan fingerprint density at radius 3 is 2.78 bits per heavy atom. The van der Waals surface area contributed by atoms with Crippen molar-refractivity contribution in [2.45, 2.75) is 57.1 Å². The summed E-state index contributed by atoms with van der Waals surface area (Å²) in [6.45, 7) is 1.30. The molecule has 4 nitrogen and oxygen atoms in total. The summed E-state index contributed by atoms with van der Waals surface area (Å²) in [7, 11) is 0. The van der Waals surface area contributed by atoms with Crippen LogP contribution in [0.2, 0.25) is 0 Å². The minimum Gasteiger partial charge on any atom is -0.374 e. The molecule has 0 bridgehead atoms. The van der Waals surface area contributed by atoms with Gasteiger partial charge in [-0.1, -0.05) is 12.8 Å². The first-order chi connectivity index (χ1) is 8.77. The van der Waals surface area contributed by atoms with Crippen LogP contribution in [-0.2, 0) is 9.53 Å². The Hall–Kier alpha value is -1.08. The van der Waals surface area contributed by atoms with Crippen LogP contribution in [0, 0.1) is 16.7 Å². The Morgan fingerprint density at radius 2 is 2.06 bits per heavy atom. The zero-order valence-electron chi connectivity index (χ0n) is 10.7. The molecule has 1 amide bonds. The molecule has 0 aromatic carbocycles. The van der Waals surface area contributed by atoms with E-state index in [9.17, 15) is 10.1 Å². The molecule has 0 aromatic rings. The van der Waals surface area contributed by atoms with Gasteiger partial charge in [0.1, 0.15) is 5.41 Å². The van der Waals surface area contributed by atoms with E-state index in [4.69, 9.17) is 4.74 Å². The van der Waals surface area contributed by atoms with Crippen LogP contribution in [-0.4, -0.2) is 36.1 Å². The van der Waals surface area contributed by atoms with Gasteiger partial charge in [0.25, 0.3) is 0 Å². The van der Waals surface area contributed by atoms with E-state index in [2.05, 4.69) is 6.07 Å². The van der Waals surface area contributed by atoms with Gasteiger partial charge in [0.2, 0.25) is 5.91 Å². The molecule has 98 valence electrons. The number of amides is 1. The number of carbonyl (C=O) groups excluding carboxylic acids is 1. The Balaban J connectivity index is 1.81. The molecule has 4 heteroatoms. The molecule has 3 rings (SSSR count). The van der Waals surface area contributed by atoms with Gasteiger partial charge in [-0.05, 0) is 32.1 Å². The largest absolute Gasteiger partial charge is 0.374 e. The van der Waals surface area contributed by atoms with E-state index >= 15 is 0 Å². The molecular weight excluding hydrogens is 228 g/mol. The van der Waals surface area contributed by atoms with Crippen molar-refractivity contribution in [3.63, 3.8) is 0 Å². The normalized spacial score (nSPS) is 34.1. The van der Waals surface area contributed by atoms with Crippen molar-refractivity contribution < 1.29 is 9.53 Å². The van der Waals surface area contributed by atoms with E-state index in [1.165, 1.54) is 0 Å². The van der Waals surface area contributed by atoms with Gasteiger partial charge in [-0.15, -0.1) is 0 Å². The predicted octanol–water partition coefficient (Wildman–Crippen LogP) is 1.85. The number of hydrogen-bond acceptors (Lipinski definition) is 3. The van der Waals surface area contributed by atoms with Crippen molar-refractivity contribution >= 4 is 5.91 Å². The predicted molar refractivity (Wildman–Crippen MR) is 65.6 cm³/mol. The van der Waals surface area contributed by atoms with Crippen LogP contribution in [0.25, 0.3) is 0 Å². The maximum atomic E-state index is 12.7. The van der Waals surface area contributed by atoms with E-state index in [-0.39, 0.29) is 18.1 Å². The van der Waals surface area contributed by atoms with Crippen molar-refractivity contribution in [3.8, 4) is 6.07 Å². The lowest BCUT2D eigenvalue weighted by Gasteiger charge is -2.40. The zero-order valence-corrected chi connectivity index (χ0v) is 10.7. The van der Waals surface area contributed by atoms with Gasteiger partial charge in [0, 0.05) is 6.54 Å². The molecule has 1 aliphatic heterocycles. The number of ether oxygens (including phenoxy) is 1. The molecule has 0 radical (unpaired) electrons. The number of morpholine rings is 1. The summed E-state index contributed by atoms with van der Waals surface area (Å²) in [6, 6.07) is 2.56. The number of nitrogens with zero attached hydrogens (tertiary/aromatic N) is 2. The average molecular weight is 248 g/mol. The minimum absolute atomic E-state index is 0.0858. The first-order valence-corrected chi connectivity index (χ1v) is 7.11. The van der Waals surface area contributed by atoms with Crippen LogP contribution < -0.4 is 0 Å². The summed E-state index contributed by atoms with van der Waals surface area (Å²) in [4.78, 5) is 14.7. The van der Waals surface area contributed by atoms with Gasteiger partial charge < -0.3 is 9.64 Å². The van der Waals surface area contributed by atoms with Crippen molar-refractivity contribution in [1.29, 1.82) is 5.26 Å². The van der Waals surface area contributed by atoms with E-state index < -0.39 is 5.41 Å². The summed E-state index contributed by atoms with van der Waals surface area (Å²) in [5, 5.41) is 9.43. The second-order valence-electron chi connectivity index (χ2n) is 5.81. The Morgan fingerprint density at radius 1 is 1.28 bits per heavy atom. The monoisotopic (exact) mass is 248 g/mol. The second kappa shape index (κ2) is 4.55. The molecular formula is C14H20N2O2. The number of carbonyl (C=O) groups is 1. The number of rotatable bonds is 1. The molecule has 1 heterocycles. The smallest absolute Gasteiger partial charge is 0.243 e. The molecule has 2 saturated carbocycles. The van der Waals surface area contributed by atoms with Gasteiger partial charge in [-0.3, -0.25) is 4.79 Å². The van der Waals surface area contributed by atoms with Gasteiger partial charge in [-0.2, -0.15) is 5.26 Å². The molecule has 2 atom stereocenters. The molecule has 3 aliphatic rings. The number of fused-ring (bicyclic) bond motifs is 1. The van der Waals surface area contributed by atoms with Crippen molar-refractivity contribution in [3.05, 3.63) is 0 Å². The van der Waals surface area contributed by atoms with Crippen LogP contribution in [0.1, 0.15) is 44.9 Å². The molecule has 18 heavy (non-hydrogen) atoms. The highest BCUT2D eigenvalue weighted by Gasteiger charge is 2.48. The van der Waals surface area contributed by atoms with E-state index in [1.54, 1.807) is 0 Å². The second-order valence-corrected chi connectivity index (χ2v) is 5.81. The van der Waals surface area contributed by atoms with Crippen molar-refractivity contribution in [2.75, 3.05) is 13.2 Å². The van der Waals surface area contributed by atoms with E-state index in [0.29, 0.717) is 13.2 Å². The minimum atomic E-state index is -0.718. The van der Waals surface area contributed by atoms with E-state index in [0.717, 1.165) is 44.9 Å². The molecule has 2 aliphatic carbocycles. The summed E-state index contributed by atoms with van der Waals surface area (Å²) in [5.41, 5.74) is -0.718. The Labute approximate surface area is 108 Å². The molecule has 2 unspecified atom stereocenters. The molecule has 0 spiro atoms. The SMILES string of the molecule is N#CC1(C(=O)N2CCOC3CCCC32)CCCC1. The Bertz CT molecular complexity index is 382. The lowest BCUT2D eigenvalue weighted by Crippen LogP contribution is -2.55. The van der Waals surface area contributed by atoms with Gasteiger partial charge >= 0.3 is 0 Å². The van der Waals surface area contributed by atoms with Gasteiger partial charge in [-0.25, -0.2) is 0 Å². The lowest BCUT2D eigenvalue weighted by atomic mass is 9.85. The first-order valence-electron chi connectivity index (χ1n) is 7.11. The summed E-state index contributed by atoms with van der Waals surface area (Å²) in [6.07, 6.45) is 6.98. The standard InChI is InChI=1S/C14H20N2O2/c15-10-14(6-1-2-7-14)13(17)16-8-9-18-12-5-3-4-11(12)16/h11-12H,1-9H2. The first kappa shape index (κ1) is 12.0. The molecule has 0 aromatic heterocycles. The topological polar surface area (TPSA) is 53.3 Å². The van der Waals surface area contributed by atoms with Crippen LogP contribution >= 0.6 is 0 Å². The van der Waals surface area contributed by atoms with Crippen LogP contribution in [0.4, 0.5) is 0 Å². The third-order valence-corrected chi connectivity index (χ3v) is 4.82. The quantitative estimate of drug-likeness (QED) is 0.711. The Kier molecular flexibility index (Phi) is 3.03. The van der Waals surface area contributed by atoms with Crippen LogP contribution in [0.5, 0.6) is 0 Å². The van der Waals surface area contributed by atoms with Crippen LogP contribution in [0.3, 0.4) is 0 Å². The third-order valence-electron chi connectivity index (χ3n) is 4.82. The van der Waals surface area contributed by atoms with Gasteiger partial charge in [0.05, 0.1) is 24.8 Å². The summed E-state index contributed by atoms with van der Waals surface area (Å²) in [5.74, 6) is 0.0858. The third kappa shape index (κ3) is 1.73. The van der Waals surface area contributed by atoms with E-state index in [1.807, 2.05) is 4.90 Å². The number of hydrogen-bond donors (Lipinski definition) is 0. The highest BCUT2D eigenvalue weighted by molar-refractivity contribution is 5.86. The van der Waals surface area contributed by atoms with Crippen molar-refractivity contribution in [2.24, 2.45) is 5.41 Å². The summed E-state index contributed by atoms with van der Waals surface area (Å²) >= 11 is 0. The highest BCUT2D eigenvalue weighted by Crippen LogP contribution is 2.41. The lowest BCUT2D eigenvalue weighted by molar-refractivity contribution is -0.151. The molecule has 1 saturated heterocycles. The maximum Gasteiger partial charge on any atom is 0.243 e. The molecule has 0 N–H and O–H groups in total. The molecule has 3 fully saturated rings. The summed E-state index contributed by atoms with van der Waals surface area (Å²) < 4.78 is 5.73. The fraction of sp³-hybridized carbons (Fsp3) is 0.857. The highest BCUT2D eigenvalue weighted by atomic mass is 16.5. The zero-order chi connectivity index (χ0) is 12.6. The number of nitriles is 1. The fourth-order valence-electron chi connectivity index (χ4n) is 3.80. The maximum absolute atomic E-state index is 12.7. The fourth-order valence-corrected chi connectivity index (χ4v) is 3.80. The van der Waals surface area contributed by atoms with Gasteiger partial charge in [0.15, 0.2) is 0 Å². The van der Waals surface area contributed by atoms with Crippen molar-refractivity contribution in [1.82, 2.24) is 4.90 Å². The van der Waals surface area contributed by atoms with Crippen LogP contribution in [0.15, 0.2) is 0 Å². The average Bonchev–Trinajstić information content (AvgIpc) is 3.06.